The van der Waals surface area contributed by atoms with Gasteiger partial charge in [0.1, 0.15) is 5.82 Å². The first-order chi connectivity index (χ1) is 16.5. The van der Waals surface area contributed by atoms with Gasteiger partial charge in [0.15, 0.2) is 6.29 Å². The van der Waals surface area contributed by atoms with E-state index in [1.54, 1.807) is 12.1 Å². The number of sulfonamides is 1. The predicted molar refractivity (Wildman–Crippen MR) is 134 cm³/mol. The number of anilines is 1. The summed E-state index contributed by atoms with van der Waals surface area (Å²) in [6.45, 7) is 6.46. The van der Waals surface area contributed by atoms with Crippen molar-refractivity contribution in [1.29, 1.82) is 0 Å². The van der Waals surface area contributed by atoms with Crippen molar-refractivity contribution in [3.05, 3.63) is 47.4 Å². The van der Waals surface area contributed by atoms with Gasteiger partial charge in [0.05, 0.1) is 29.9 Å². The monoisotopic (exact) mass is 507 g/mol. The molecule has 1 aromatic heterocycles. The number of hydrogen-bond donors (Lipinski definition) is 1. The Kier molecular flexibility index (Phi) is 8.98. The van der Waals surface area contributed by atoms with Crippen LogP contribution in [0.4, 0.5) is 10.3 Å². The summed E-state index contributed by atoms with van der Waals surface area (Å²) < 4.78 is 50.7. The Labute approximate surface area is 206 Å². The molecule has 8 nitrogen and oxygen atoms in total. The Balaban J connectivity index is 2.08. The molecule has 0 spiro atoms. The number of hydrogen-bond acceptors (Lipinski definition) is 7. The Morgan fingerprint density at radius 3 is 2.54 bits per heavy atom. The number of aliphatic hydroxyl groups is 1. The second-order valence-corrected chi connectivity index (χ2v) is 11.0. The van der Waals surface area contributed by atoms with Crippen LogP contribution in [-0.4, -0.2) is 61.9 Å². The maximum absolute atomic E-state index is 13.6. The highest BCUT2D eigenvalue weighted by atomic mass is 32.2. The van der Waals surface area contributed by atoms with Crippen LogP contribution in [0.2, 0.25) is 0 Å². The van der Waals surface area contributed by atoms with E-state index in [9.17, 15) is 17.9 Å². The largest absolute Gasteiger partial charge is 0.393 e. The zero-order chi connectivity index (χ0) is 25.8. The minimum absolute atomic E-state index is 0.0324. The van der Waals surface area contributed by atoms with Gasteiger partial charge < -0.3 is 14.6 Å². The Bertz CT molecular complexity index is 1140. The van der Waals surface area contributed by atoms with E-state index >= 15 is 0 Å². The number of nitrogens with zero attached hydrogens (tertiary/aromatic N) is 3. The van der Waals surface area contributed by atoms with E-state index in [0.29, 0.717) is 42.0 Å². The van der Waals surface area contributed by atoms with Gasteiger partial charge in [-0.1, -0.05) is 32.9 Å². The first kappa shape index (κ1) is 27.2. The fourth-order valence-electron chi connectivity index (χ4n) is 3.77. The van der Waals surface area contributed by atoms with Gasteiger partial charge in [-0.25, -0.2) is 27.1 Å². The molecule has 3 rings (SSSR count). The highest BCUT2D eigenvalue weighted by molar-refractivity contribution is 7.92. The SMILES string of the molecule is CCCOC1C[C@H](O)C[C@@H](/C=C/c2c(-c3ccc(F)cc3)nc(N(C)S(C)(=O)=O)nc2C(C)C)O1. The zero-order valence-electron chi connectivity index (χ0n) is 20.8. The van der Waals surface area contributed by atoms with Crippen LogP contribution in [-0.2, 0) is 19.5 Å². The molecule has 1 fully saturated rings. The molecule has 2 heterocycles. The lowest BCUT2D eigenvalue weighted by Crippen LogP contribution is -2.36. The molecule has 0 aliphatic carbocycles. The first-order valence-electron chi connectivity index (χ1n) is 11.7. The van der Waals surface area contributed by atoms with Crippen molar-refractivity contribution in [2.24, 2.45) is 0 Å². The van der Waals surface area contributed by atoms with Crippen LogP contribution in [0.1, 0.15) is 57.2 Å². The summed E-state index contributed by atoms with van der Waals surface area (Å²) in [5.41, 5.74) is 2.40. The number of ether oxygens (including phenoxy) is 2. The molecule has 1 unspecified atom stereocenters. The van der Waals surface area contributed by atoms with Gasteiger partial charge in [-0.15, -0.1) is 0 Å². The lowest BCUT2D eigenvalue weighted by molar-refractivity contribution is -0.203. The van der Waals surface area contributed by atoms with Gasteiger partial charge in [-0.2, -0.15) is 0 Å². The summed E-state index contributed by atoms with van der Waals surface area (Å²) in [4.78, 5) is 9.14. The summed E-state index contributed by atoms with van der Waals surface area (Å²) in [5, 5.41) is 10.3. The van der Waals surface area contributed by atoms with Crippen molar-refractivity contribution < 1.29 is 27.4 Å². The third kappa shape index (κ3) is 7.07. The lowest BCUT2D eigenvalue weighted by Gasteiger charge is -2.31. The fraction of sp³-hybridized carbons (Fsp3) is 0.520. The molecule has 1 aliphatic heterocycles. The maximum Gasteiger partial charge on any atom is 0.239 e. The molecular weight excluding hydrogens is 473 g/mol. The highest BCUT2D eigenvalue weighted by Crippen LogP contribution is 2.32. The van der Waals surface area contributed by atoms with E-state index in [4.69, 9.17) is 9.47 Å². The van der Waals surface area contributed by atoms with E-state index < -0.39 is 22.4 Å². The fourth-order valence-corrected chi connectivity index (χ4v) is 4.15. The molecule has 192 valence electrons. The van der Waals surface area contributed by atoms with Crippen LogP contribution < -0.4 is 4.31 Å². The summed E-state index contributed by atoms with van der Waals surface area (Å²) in [6, 6.07) is 5.85. The number of benzene rings is 1. The van der Waals surface area contributed by atoms with Crippen LogP contribution >= 0.6 is 0 Å². The molecule has 2 aromatic rings. The van der Waals surface area contributed by atoms with Gasteiger partial charge in [0.25, 0.3) is 0 Å². The predicted octanol–water partition coefficient (Wildman–Crippen LogP) is 4.11. The van der Waals surface area contributed by atoms with Crippen LogP contribution in [0.15, 0.2) is 30.3 Å². The van der Waals surface area contributed by atoms with Crippen molar-refractivity contribution in [2.75, 3.05) is 24.2 Å². The Morgan fingerprint density at radius 1 is 1.26 bits per heavy atom. The standard InChI is InChI=1S/C25H34FN3O5S/c1-6-13-33-22-15-19(30)14-20(34-22)11-12-21-23(16(2)3)27-25(29(4)35(5,31)32)28-24(21)17-7-9-18(26)10-8-17/h7-12,16,19-20,22,30H,6,13-15H2,1-5H3/b12-11+/t19-,20-,22?/m1/s1. The summed E-state index contributed by atoms with van der Waals surface area (Å²) in [7, 11) is -2.20. The molecule has 0 bridgehead atoms. The first-order valence-corrected chi connectivity index (χ1v) is 13.6. The second kappa shape index (κ2) is 11.6. The van der Waals surface area contributed by atoms with E-state index in [0.717, 1.165) is 17.0 Å². The summed E-state index contributed by atoms with van der Waals surface area (Å²) in [6.07, 6.45) is 5.00. The molecular formula is C25H34FN3O5S. The highest BCUT2D eigenvalue weighted by Gasteiger charge is 2.28. The average Bonchev–Trinajstić information content (AvgIpc) is 2.80. The van der Waals surface area contributed by atoms with E-state index in [2.05, 4.69) is 9.97 Å². The molecule has 1 saturated heterocycles. The van der Waals surface area contributed by atoms with Crippen molar-refractivity contribution in [3.63, 3.8) is 0 Å². The van der Waals surface area contributed by atoms with Crippen LogP contribution in [0.25, 0.3) is 17.3 Å². The van der Waals surface area contributed by atoms with Crippen LogP contribution in [0.5, 0.6) is 0 Å². The molecule has 1 aromatic carbocycles. The smallest absolute Gasteiger partial charge is 0.239 e. The molecule has 0 saturated carbocycles. The molecule has 35 heavy (non-hydrogen) atoms. The second-order valence-electron chi connectivity index (χ2n) is 9.02. The van der Waals surface area contributed by atoms with Crippen LogP contribution in [0.3, 0.4) is 0 Å². The van der Waals surface area contributed by atoms with Gasteiger partial charge in [0, 0.05) is 37.6 Å². The quantitative estimate of drug-likeness (QED) is 0.545. The van der Waals surface area contributed by atoms with Gasteiger partial charge in [-0.05, 0) is 36.6 Å². The van der Waals surface area contributed by atoms with Crippen LogP contribution in [0, 0.1) is 5.82 Å². The topological polar surface area (TPSA) is 102 Å². The number of rotatable bonds is 9. The number of halogens is 1. The maximum atomic E-state index is 13.6. The van der Waals surface area contributed by atoms with Crippen molar-refractivity contribution in [2.45, 2.75) is 64.4 Å². The third-order valence-corrected chi connectivity index (χ3v) is 6.85. The molecule has 1 aliphatic rings. The van der Waals surface area contributed by atoms with Crippen molar-refractivity contribution >= 4 is 22.0 Å². The number of aromatic nitrogens is 2. The normalized spacial score (nSPS) is 21.1. The lowest BCUT2D eigenvalue weighted by atomic mass is 9.97. The van der Waals surface area contributed by atoms with Gasteiger partial charge in [0.2, 0.25) is 16.0 Å². The summed E-state index contributed by atoms with van der Waals surface area (Å²) in [5.74, 6) is -0.424. The van der Waals surface area contributed by atoms with Gasteiger partial charge >= 0.3 is 0 Å². The number of aliphatic hydroxyl groups excluding tert-OH is 1. The van der Waals surface area contributed by atoms with E-state index in [1.807, 2.05) is 32.9 Å². The zero-order valence-corrected chi connectivity index (χ0v) is 21.6. The molecule has 3 atom stereocenters. The van der Waals surface area contributed by atoms with E-state index in [1.165, 1.54) is 19.2 Å². The molecule has 10 heteroatoms. The average molecular weight is 508 g/mol. The Hall–Kier alpha value is -2.40. The van der Waals surface area contributed by atoms with Crippen molar-refractivity contribution in [3.8, 4) is 11.3 Å². The summed E-state index contributed by atoms with van der Waals surface area (Å²) >= 11 is 0. The minimum Gasteiger partial charge on any atom is -0.393 e. The van der Waals surface area contributed by atoms with Crippen molar-refractivity contribution in [1.82, 2.24) is 9.97 Å². The molecule has 0 amide bonds. The third-order valence-electron chi connectivity index (χ3n) is 5.69. The molecule has 1 N–H and O–H groups in total. The molecule has 0 radical (unpaired) electrons. The van der Waals surface area contributed by atoms with E-state index in [-0.39, 0.29) is 23.8 Å². The van der Waals surface area contributed by atoms with Gasteiger partial charge in [-0.3, -0.25) is 0 Å². The Morgan fingerprint density at radius 2 is 1.94 bits per heavy atom. The minimum atomic E-state index is -3.60.